The van der Waals surface area contributed by atoms with E-state index >= 15 is 0 Å². The number of aliphatic imine (C=N–C) groups is 1. The summed E-state index contributed by atoms with van der Waals surface area (Å²) in [7, 11) is 2.41. The van der Waals surface area contributed by atoms with Crippen LogP contribution in [-0.4, -0.2) is 38.2 Å². The highest BCUT2D eigenvalue weighted by atomic mass is 35.5. The minimum absolute atomic E-state index is 0.0766. The number of hydrogen-bond acceptors (Lipinski definition) is 6. The fraction of sp³-hybridized carbons (Fsp3) is 0.286. The van der Waals surface area contributed by atoms with Crippen molar-refractivity contribution in [1.82, 2.24) is 0 Å². The number of methoxy groups -OCH3 is 2. The largest absolute Gasteiger partial charge is 0.468 e. The minimum Gasteiger partial charge on any atom is -0.468 e. The van der Waals surface area contributed by atoms with Gasteiger partial charge < -0.3 is 9.47 Å². The highest BCUT2D eigenvalue weighted by Crippen LogP contribution is 2.28. The van der Waals surface area contributed by atoms with Crippen LogP contribution in [-0.2, 0) is 19.1 Å². The van der Waals surface area contributed by atoms with Crippen LogP contribution in [0.2, 0.25) is 5.02 Å². The molecule has 0 amide bonds. The fourth-order valence-corrected chi connectivity index (χ4v) is 1.75. The molecule has 0 spiro atoms. The first-order valence-electron chi connectivity index (χ1n) is 5.91. The Morgan fingerprint density at radius 1 is 1.24 bits per heavy atom. The van der Waals surface area contributed by atoms with Crippen molar-refractivity contribution in [3.63, 3.8) is 0 Å². The van der Waals surface area contributed by atoms with Crippen LogP contribution < -0.4 is 0 Å². The van der Waals surface area contributed by atoms with E-state index in [1.54, 1.807) is 12.1 Å². The molecule has 0 saturated carbocycles. The Hall–Kier alpha value is -2.21. The van der Waals surface area contributed by atoms with Gasteiger partial charge in [0.15, 0.2) is 5.92 Å². The summed E-state index contributed by atoms with van der Waals surface area (Å²) >= 11 is 6.04. The Bertz CT molecular complexity index is 597. The third kappa shape index (κ3) is 4.13. The molecule has 0 aliphatic rings. The number of benzene rings is 1. The molecule has 0 aliphatic heterocycles. The summed E-state index contributed by atoms with van der Waals surface area (Å²) in [5.41, 5.74) is 0.390. The molecule has 6 nitrogen and oxygen atoms in total. The summed E-state index contributed by atoms with van der Waals surface area (Å²) in [4.78, 5) is 38.3. The van der Waals surface area contributed by atoms with E-state index in [9.17, 15) is 14.4 Å². The molecule has 1 unspecified atom stereocenters. The number of nitrogens with zero attached hydrogens (tertiary/aromatic N) is 1. The number of esters is 2. The molecule has 1 aromatic carbocycles. The smallest absolute Gasteiger partial charge is 0.339 e. The lowest BCUT2D eigenvalue weighted by Crippen LogP contribution is -2.24. The van der Waals surface area contributed by atoms with Gasteiger partial charge in [-0.3, -0.25) is 14.6 Å². The van der Waals surface area contributed by atoms with E-state index < -0.39 is 23.6 Å². The molecule has 0 fully saturated rings. The molecule has 1 atom stereocenters. The molecule has 21 heavy (non-hydrogen) atoms. The van der Waals surface area contributed by atoms with E-state index in [0.717, 1.165) is 6.21 Å². The van der Waals surface area contributed by atoms with Crippen LogP contribution in [0.5, 0.6) is 0 Å². The monoisotopic (exact) mass is 311 g/mol. The van der Waals surface area contributed by atoms with E-state index in [4.69, 9.17) is 11.6 Å². The second-order valence-electron chi connectivity index (χ2n) is 4.02. The Morgan fingerprint density at radius 2 is 1.90 bits per heavy atom. The SMILES string of the molecule is COC(=O)c1cccc(N=CC(C(C)=O)C(=O)OC)c1Cl. The maximum absolute atomic E-state index is 11.5. The number of carbonyl (C=O) groups is 3. The van der Waals surface area contributed by atoms with Crippen LogP contribution in [0, 0.1) is 5.92 Å². The van der Waals surface area contributed by atoms with E-state index in [-0.39, 0.29) is 16.3 Å². The number of halogens is 1. The standard InChI is InChI=1S/C14H14ClNO5/c1-8(17)10(14(19)21-3)7-16-11-6-4-5-9(12(11)15)13(18)20-2/h4-7,10H,1-3H3. The summed E-state index contributed by atoms with van der Waals surface area (Å²) in [6, 6.07) is 4.58. The van der Waals surface area contributed by atoms with Crippen LogP contribution >= 0.6 is 11.6 Å². The van der Waals surface area contributed by atoms with Crippen molar-refractivity contribution in [1.29, 1.82) is 0 Å². The first kappa shape index (κ1) is 16.8. The number of hydrogen-bond donors (Lipinski definition) is 0. The van der Waals surface area contributed by atoms with Gasteiger partial charge >= 0.3 is 11.9 Å². The van der Waals surface area contributed by atoms with Gasteiger partial charge in [-0.15, -0.1) is 0 Å². The molecule has 0 heterocycles. The molecule has 0 saturated heterocycles. The third-order valence-corrected chi connectivity index (χ3v) is 3.04. The number of Topliss-reactive ketones (excluding diaryl/α,β-unsaturated/α-hetero) is 1. The summed E-state index contributed by atoms with van der Waals surface area (Å²) in [5, 5.41) is 0.0766. The van der Waals surface area contributed by atoms with E-state index in [1.807, 2.05) is 0 Å². The van der Waals surface area contributed by atoms with Crippen molar-refractivity contribution in [2.75, 3.05) is 14.2 Å². The van der Waals surface area contributed by atoms with Gasteiger partial charge in [0.05, 0.1) is 30.5 Å². The van der Waals surface area contributed by atoms with Crippen molar-refractivity contribution < 1.29 is 23.9 Å². The Kier molecular flexibility index (Phi) is 6.05. The summed E-state index contributed by atoms with van der Waals surface area (Å²) in [6.07, 6.45) is 1.14. The summed E-state index contributed by atoms with van der Waals surface area (Å²) < 4.78 is 9.10. The quantitative estimate of drug-likeness (QED) is 0.473. The Morgan fingerprint density at radius 3 is 2.43 bits per heavy atom. The number of carbonyl (C=O) groups excluding carboxylic acids is 3. The van der Waals surface area contributed by atoms with Gasteiger partial charge in [-0.1, -0.05) is 17.7 Å². The lowest BCUT2D eigenvalue weighted by molar-refractivity contribution is -0.145. The Labute approximate surface area is 126 Å². The normalized spacial score (nSPS) is 12.0. The molecule has 0 bridgehead atoms. The van der Waals surface area contributed by atoms with Gasteiger partial charge in [-0.05, 0) is 19.1 Å². The molecule has 0 aliphatic carbocycles. The molecule has 0 radical (unpaired) electrons. The molecular weight excluding hydrogens is 298 g/mol. The first-order valence-corrected chi connectivity index (χ1v) is 6.29. The van der Waals surface area contributed by atoms with Gasteiger partial charge in [0.2, 0.25) is 0 Å². The van der Waals surface area contributed by atoms with Crippen LogP contribution in [0.4, 0.5) is 5.69 Å². The molecule has 0 N–H and O–H groups in total. The zero-order valence-corrected chi connectivity index (χ0v) is 12.5. The predicted octanol–water partition coefficient (Wildman–Crippen LogP) is 2.21. The van der Waals surface area contributed by atoms with Crippen molar-refractivity contribution >= 4 is 41.2 Å². The van der Waals surface area contributed by atoms with Crippen LogP contribution in [0.25, 0.3) is 0 Å². The average Bonchev–Trinajstić information content (AvgIpc) is 2.47. The molecule has 0 aromatic heterocycles. The Balaban J connectivity index is 3.12. The van der Waals surface area contributed by atoms with E-state index in [2.05, 4.69) is 14.5 Å². The predicted molar refractivity (Wildman–Crippen MR) is 77.1 cm³/mol. The van der Waals surface area contributed by atoms with Crippen LogP contribution in [0.15, 0.2) is 23.2 Å². The number of ether oxygens (including phenoxy) is 2. The maximum Gasteiger partial charge on any atom is 0.339 e. The second-order valence-corrected chi connectivity index (χ2v) is 4.40. The average molecular weight is 312 g/mol. The molecule has 112 valence electrons. The lowest BCUT2D eigenvalue weighted by atomic mass is 10.1. The fourth-order valence-electron chi connectivity index (χ4n) is 1.50. The van der Waals surface area contributed by atoms with Crippen LogP contribution in [0.1, 0.15) is 17.3 Å². The van der Waals surface area contributed by atoms with Gasteiger partial charge in [0, 0.05) is 6.21 Å². The van der Waals surface area contributed by atoms with Gasteiger partial charge in [-0.2, -0.15) is 0 Å². The van der Waals surface area contributed by atoms with E-state index in [1.165, 1.54) is 27.2 Å². The highest BCUT2D eigenvalue weighted by molar-refractivity contribution is 6.36. The molecule has 1 rings (SSSR count). The van der Waals surface area contributed by atoms with Crippen molar-refractivity contribution in [2.45, 2.75) is 6.92 Å². The molecule has 1 aromatic rings. The molecule has 7 heteroatoms. The third-order valence-electron chi connectivity index (χ3n) is 2.64. The minimum atomic E-state index is -1.12. The number of ketones is 1. The lowest BCUT2D eigenvalue weighted by Gasteiger charge is -2.07. The van der Waals surface area contributed by atoms with Crippen molar-refractivity contribution in [3.05, 3.63) is 28.8 Å². The van der Waals surface area contributed by atoms with Crippen molar-refractivity contribution in [2.24, 2.45) is 10.9 Å². The topological polar surface area (TPSA) is 82.0 Å². The maximum atomic E-state index is 11.5. The van der Waals surface area contributed by atoms with Crippen LogP contribution in [0.3, 0.4) is 0 Å². The van der Waals surface area contributed by atoms with Gasteiger partial charge in [0.25, 0.3) is 0 Å². The zero-order valence-electron chi connectivity index (χ0n) is 11.8. The summed E-state index contributed by atoms with van der Waals surface area (Å²) in [5.74, 6) is -2.85. The van der Waals surface area contributed by atoms with E-state index in [0.29, 0.717) is 0 Å². The second kappa shape index (κ2) is 7.54. The van der Waals surface area contributed by atoms with Gasteiger partial charge in [-0.25, -0.2) is 4.79 Å². The first-order chi connectivity index (χ1) is 9.92. The number of rotatable bonds is 5. The molecular formula is C14H14ClNO5. The zero-order chi connectivity index (χ0) is 16.0. The highest BCUT2D eigenvalue weighted by Gasteiger charge is 2.22. The van der Waals surface area contributed by atoms with Crippen molar-refractivity contribution in [3.8, 4) is 0 Å². The summed E-state index contributed by atoms with van der Waals surface area (Å²) in [6.45, 7) is 1.25. The van der Waals surface area contributed by atoms with Gasteiger partial charge in [0.1, 0.15) is 5.78 Å².